The molecule has 1 aromatic carbocycles. The van der Waals surface area contributed by atoms with E-state index in [2.05, 4.69) is 0 Å². The van der Waals surface area contributed by atoms with Crippen LogP contribution in [0.2, 0.25) is 0 Å². The van der Waals surface area contributed by atoms with Crippen LogP contribution in [0, 0.1) is 0 Å². The van der Waals surface area contributed by atoms with Gasteiger partial charge in [0.05, 0.1) is 6.61 Å². The largest absolute Gasteiger partial charge is 0.465 e. The Labute approximate surface area is 115 Å². The van der Waals surface area contributed by atoms with Crippen LogP contribution in [0.3, 0.4) is 0 Å². The number of halogens is 3. The lowest BCUT2D eigenvalue weighted by molar-refractivity contribution is -0.169. The lowest BCUT2D eigenvalue weighted by Crippen LogP contribution is -2.46. The van der Waals surface area contributed by atoms with Crippen LogP contribution < -0.4 is 5.73 Å². The molecule has 0 aliphatic rings. The normalized spacial score (nSPS) is 14.7. The summed E-state index contributed by atoms with van der Waals surface area (Å²) in [6.45, 7) is 1.99. The number of esters is 1. The van der Waals surface area contributed by atoms with Gasteiger partial charge in [-0.15, -0.1) is 0 Å². The molecule has 0 fully saturated rings. The topological polar surface area (TPSA) is 52.3 Å². The predicted octanol–water partition coefficient (Wildman–Crippen LogP) is 3.00. The standard InChI is InChI=1S/C14H18F3NO2/c1-2-3-9-20-13(19)11(12(18)14(15,16)17)10-7-5-4-6-8-10/h4-8,11-12H,2-3,9,18H2,1H3/t11-,12-/m0/s1. The van der Waals surface area contributed by atoms with E-state index >= 15 is 0 Å². The van der Waals surface area contributed by atoms with Gasteiger partial charge >= 0.3 is 12.1 Å². The van der Waals surface area contributed by atoms with Gasteiger partial charge in [0.15, 0.2) is 0 Å². The van der Waals surface area contributed by atoms with Crippen molar-refractivity contribution in [3.8, 4) is 0 Å². The molecule has 0 radical (unpaired) electrons. The van der Waals surface area contributed by atoms with Crippen molar-refractivity contribution in [3.63, 3.8) is 0 Å². The second-order valence-electron chi connectivity index (χ2n) is 4.48. The minimum Gasteiger partial charge on any atom is -0.465 e. The Morgan fingerprint density at radius 3 is 2.40 bits per heavy atom. The average molecular weight is 289 g/mol. The maximum atomic E-state index is 12.8. The van der Waals surface area contributed by atoms with Crippen molar-refractivity contribution < 1.29 is 22.7 Å². The van der Waals surface area contributed by atoms with Crippen molar-refractivity contribution in [2.75, 3.05) is 6.61 Å². The number of carbonyl (C=O) groups is 1. The van der Waals surface area contributed by atoms with Crippen molar-refractivity contribution in [2.45, 2.75) is 37.9 Å². The number of nitrogens with two attached hydrogens (primary N) is 1. The molecule has 1 rings (SSSR count). The predicted molar refractivity (Wildman–Crippen MR) is 69.1 cm³/mol. The highest BCUT2D eigenvalue weighted by Gasteiger charge is 2.46. The number of rotatable bonds is 6. The lowest BCUT2D eigenvalue weighted by Gasteiger charge is -2.24. The average Bonchev–Trinajstić information content (AvgIpc) is 2.39. The summed E-state index contributed by atoms with van der Waals surface area (Å²) in [5, 5.41) is 0. The van der Waals surface area contributed by atoms with Gasteiger partial charge in [0, 0.05) is 0 Å². The molecule has 0 unspecified atom stereocenters. The zero-order valence-electron chi connectivity index (χ0n) is 11.2. The van der Waals surface area contributed by atoms with E-state index in [4.69, 9.17) is 10.5 Å². The monoisotopic (exact) mass is 289 g/mol. The van der Waals surface area contributed by atoms with E-state index in [-0.39, 0.29) is 12.2 Å². The molecular weight excluding hydrogens is 271 g/mol. The SMILES string of the molecule is CCCCOC(=O)[C@@H](c1ccccc1)[C@H](N)C(F)(F)F. The fourth-order valence-electron chi connectivity index (χ4n) is 1.75. The molecule has 0 amide bonds. The first-order chi connectivity index (χ1) is 9.38. The Kier molecular flexibility index (Phi) is 6.01. The number of carbonyl (C=O) groups excluding carboxylic acids is 1. The van der Waals surface area contributed by atoms with Crippen LogP contribution in [0.25, 0.3) is 0 Å². The molecule has 3 nitrogen and oxygen atoms in total. The van der Waals surface area contributed by atoms with Crippen molar-refractivity contribution in [2.24, 2.45) is 5.73 Å². The first-order valence-electron chi connectivity index (χ1n) is 6.41. The summed E-state index contributed by atoms with van der Waals surface area (Å²) >= 11 is 0. The van der Waals surface area contributed by atoms with Gasteiger partial charge in [0.2, 0.25) is 0 Å². The van der Waals surface area contributed by atoms with Gasteiger partial charge in [-0.3, -0.25) is 4.79 Å². The fourth-order valence-corrected chi connectivity index (χ4v) is 1.75. The summed E-state index contributed by atoms with van der Waals surface area (Å²) in [5.74, 6) is -2.47. The summed E-state index contributed by atoms with van der Waals surface area (Å²) in [7, 11) is 0. The Balaban J connectivity index is 2.93. The molecule has 2 atom stereocenters. The third-order valence-electron chi connectivity index (χ3n) is 2.89. The summed E-state index contributed by atoms with van der Waals surface area (Å²) in [4.78, 5) is 11.9. The number of benzene rings is 1. The van der Waals surface area contributed by atoms with E-state index in [0.717, 1.165) is 6.42 Å². The maximum Gasteiger partial charge on any atom is 0.404 e. The van der Waals surface area contributed by atoms with Crippen LogP contribution in [0.15, 0.2) is 30.3 Å². The Morgan fingerprint density at radius 1 is 1.30 bits per heavy atom. The highest BCUT2D eigenvalue weighted by Crippen LogP contribution is 2.31. The quantitative estimate of drug-likeness (QED) is 0.647. The van der Waals surface area contributed by atoms with Crippen molar-refractivity contribution in [1.82, 2.24) is 0 Å². The van der Waals surface area contributed by atoms with Crippen LogP contribution >= 0.6 is 0 Å². The van der Waals surface area contributed by atoms with E-state index in [9.17, 15) is 18.0 Å². The van der Waals surface area contributed by atoms with Gasteiger partial charge in [0.25, 0.3) is 0 Å². The minimum atomic E-state index is -4.66. The summed E-state index contributed by atoms with van der Waals surface area (Å²) < 4.78 is 43.3. The van der Waals surface area contributed by atoms with Crippen LogP contribution in [0.4, 0.5) is 13.2 Å². The van der Waals surface area contributed by atoms with Gasteiger partial charge in [0.1, 0.15) is 12.0 Å². The van der Waals surface area contributed by atoms with Crippen molar-refractivity contribution in [1.29, 1.82) is 0 Å². The fraction of sp³-hybridized carbons (Fsp3) is 0.500. The molecular formula is C14H18F3NO2. The number of hydrogen-bond acceptors (Lipinski definition) is 3. The van der Waals surface area contributed by atoms with Gasteiger partial charge < -0.3 is 10.5 Å². The van der Waals surface area contributed by atoms with Gasteiger partial charge in [-0.05, 0) is 12.0 Å². The van der Waals surface area contributed by atoms with E-state index in [0.29, 0.717) is 6.42 Å². The van der Waals surface area contributed by atoms with Crippen LogP contribution in [0.1, 0.15) is 31.2 Å². The maximum absolute atomic E-state index is 12.8. The third-order valence-corrected chi connectivity index (χ3v) is 2.89. The van der Waals surface area contributed by atoms with Crippen LogP contribution in [0.5, 0.6) is 0 Å². The molecule has 6 heteroatoms. The summed E-state index contributed by atoms with van der Waals surface area (Å²) in [6, 6.07) is 5.38. The van der Waals surface area contributed by atoms with E-state index in [1.807, 2.05) is 6.92 Å². The molecule has 0 spiro atoms. The molecule has 1 aromatic rings. The molecule has 0 bridgehead atoms. The summed E-state index contributed by atoms with van der Waals surface area (Å²) in [5.41, 5.74) is 5.41. The van der Waals surface area contributed by atoms with Crippen LogP contribution in [-0.2, 0) is 9.53 Å². The zero-order valence-corrected chi connectivity index (χ0v) is 11.2. The molecule has 2 N–H and O–H groups in total. The first kappa shape index (κ1) is 16.5. The number of ether oxygens (including phenoxy) is 1. The van der Waals surface area contributed by atoms with E-state index in [1.165, 1.54) is 12.1 Å². The third kappa shape index (κ3) is 4.52. The molecule has 0 aromatic heterocycles. The number of hydrogen-bond donors (Lipinski definition) is 1. The molecule has 0 aliphatic heterocycles. The van der Waals surface area contributed by atoms with Gasteiger partial charge in [-0.25, -0.2) is 0 Å². The van der Waals surface area contributed by atoms with Gasteiger partial charge in [-0.1, -0.05) is 43.7 Å². The number of unbranched alkanes of at least 4 members (excludes halogenated alkanes) is 1. The molecule has 0 saturated carbocycles. The van der Waals surface area contributed by atoms with E-state index in [1.54, 1.807) is 18.2 Å². The molecule has 0 heterocycles. The lowest BCUT2D eigenvalue weighted by atomic mass is 9.91. The molecule has 0 aliphatic carbocycles. The van der Waals surface area contributed by atoms with Crippen molar-refractivity contribution in [3.05, 3.63) is 35.9 Å². The molecule has 20 heavy (non-hydrogen) atoms. The number of alkyl halides is 3. The van der Waals surface area contributed by atoms with Gasteiger partial charge in [-0.2, -0.15) is 13.2 Å². The molecule has 112 valence electrons. The Hall–Kier alpha value is -1.56. The van der Waals surface area contributed by atoms with Crippen LogP contribution in [-0.4, -0.2) is 24.8 Å². The summed E-state index contributed by atoms with van der Waals surface area (Å²) in [6.07, 6.45) is -3.27. The smallest absolute Gasteiger partial charge is 0.404 e. The minimum absolute atomic E-state index is 0.100. The van der Waals surface area contributed by atoms with E-state index < -0.39 is 24.1 Å². The Morgan fingerprint density at radius 2 is 1.90 bits per heavy atom. The second kappa shape index (κ2) is 7.28. The Bertz CT molecular complexity index is 420. The highest BCUT2D eigenvalue weighted by atomic mass is 19.4. The van der Waals surface area contributed by atoms with Crippen molar-refractivity contribution >= 4 is 5.97 Å². The zero-order chi connectivity index (χ0) is 15.2. The molecule has 0 saturated heterocycles. The first-order valence-corrected chi connectivity index (χ1v) is 6.41. The second-order valence-corrected chi connectivity index (χ2v) is 4.48. The highest BCUT2D eigenvalue weighted by molar-refractivity contribution is 5.79.